The third-order valence-corrected chi connectivity index (χ3v) is 3.73. The first kappa shape index (κ1) is 17.1. The fraction of sp³-hybridized carbons (Fsp3) is 0.562. The first-order valence-corrected chi connectivity index (χ1v) is 7.91. The summed E-state index contributed by atoms with van der Waals surface area (Å²) < 4.78 is 9.94. The van der Waals surface area contributed by atoms with Crippen LogP contribution in [-0.2, 0) is 14.3 Å². The van der Waals surface area contributed by atoms with Gasteiger partial charge in [-0.25, -0.2) is 0 Å². The van der Waals surface area contributed by atoms with Gasteiger partial charge in [0.15, 0.2) is 5.76 Å². The Hall–Kier alpha value is -2.31. The Morgan fingerprint density at radius 1 is 1.39 bits per heavy atom. The number of esters is 1. The van der Waals surface area contributed by atoms with E-state index in [1.54, 1.807) is 24.0 Å². The fourth-order valence-corrected chi connectivity index (χ4v) is 2.63. The summed E-state index contributed by atoms with van der Waals surface area (Å²) in [6.07, 6.45) is 3.92. The van der Waals surface area contributed by atoms with Crippen LogP contribution in [0.25, 0.3) is 0 Å². The number of hydrogen-bond acceptors (Lipinski definition) is 5. The molecule has 0 saturated carbocycles. The van der Waals surface area contributed by atoms with E-state index in [9.17, 15) is 14.4 Å². The molecule has 1 fully saturated rings. The van der Waals surface area contributed by atoms with Crippen LogP contribution in [0.2, 0.25) is 0 Å². The molecule has 126 valence electrons. The molecule has 23 heavy (non-hydrogen) atoms. The largest absolute Gasteiger partial charge is 0.466 e. The van der Waals surface area contributed by atoms with Gasteiger partial charge >= 0.3 is 5.97 Å². The minimum absolute atomic E-state index is 0.123. The number of amides is 2. The Bertz CT molecular complexity index is 541. The lowest BCUT2D eigenvalue weighted by atomic mass is 10.0. The molecule has 7 heteroatoms. The Morgan fingerprint density at radius 2 is 2.22 bits per heavy atom. The molecule has 1 saturated heterocycles. The Morgan fingerprint density at radius 3 is 2.91 bits per heavy atom. The molecule has 1 aliphatic rings. The number of rotatable bonds is 6. The van der Waals surface area contributed by atoms with Crippen molar-refractivity contribution in [2.75, 3.05) is 19.7 Å². The topological polar surface area (TPSA) is 88.9 Å². The maximum atomic E-state index is 12.4. The lowest BCUT2D eigenvalue weighted by molar-refractivity contribution is -0.143. The third kappa shape index (κ3) is 4.58. The van der Waals surface area contributed by atoms with Crippen LogP contribution in [0.3, 0.4) is 0 Å². The molecule has 1 aromatic rings. The van der Waals surface area contributed by atoms with E-state index in [0.717, 1.165) is 12.8 Å². The van der Waals surface area contributed by atoms with Crippen molar-refractivity contribution in [3.05, 3.63) is 24.2 Å². The molecule has 1 unspecified atom stereocenters. The highest BCUT2D eigenvalue weighted by Gasteiger charge is 2.33. The van der Waals surface area contributed by atoms with Crippen LogP contribution < -0.4 is 5.32 Å². The zero-order valence-electron chi connectivity index (χ0n) is 13.2. The first-order chi connectivity index (χ1) is 11.1. The number of nitrogens with one attached hydrogen (secondary N) is 1. The van der Waals surface area contributed by atoms with Gasteiger partial charge < -0.3 is 19.4 Å². The van der Waals surface area contributed by atoms with Crippen molar-refractivity contribution in [2.45, 2.75) is 38.6 Å². The van der Waals surface area contributed by atoms with E-state index >= 15 is 0 Å². The summed E-state index contributed by atoms with van der Waals surface area (Å²) in [7, 11) is 0. The second kappa shape index (κ2) is 8.36. The normalized spacial score (nSPS) is 17.6. The molecule has 2 heterocycles. The van der Waals surface area contributed by atoms with Crippen LogP contribution in [-0.4, -0.2) is 48.4 Å². The van der Waals surface area contributed by atoms with Crippen molar-refractivity contribution in [2.24, 2.45) is 0 Å². The highest BCUT2D eigenvalue weighted by atomic mass is 16.5. The molecule has 2 amide bonds. The summed E-state index contributed by atoms with van der Waals surface area (Å²) in [4.78, 5) is 37.6. The molecule has 2 rings (SSSR count). The molecule has 1 aromatic heterocycles. The highest BCUT2D eigenvalue weighted by molar-refractivity contribution is 5.95. The van der Waals surface area contributed by atoms with Crippen LogP contribution in [0.15, 0.2) is 22.8 Å². The standard InChI is InChI=1S/C16H22N2O5/c1-2-22-14(19)8-9-17-15(20)12-6-3-4-10-18(12)16(21)13-7-5-11-23-13/h5,7,11-12H,2-4,6,8-10H2,1H3,(H,17,20). The predicted octanol–water partition coefficient (Wildman–Crippen LogP) is 1.34. The van der Waals surface area contributed by atoms with Crippen molar-refractivity contribution in [1.29, 1.82) is 0 Å². The number of carbonyl (C=O) groups is 3. The molecule has 0 radical (unpaired) electrons. The second-order valence-corrected chi connectivity index (χ2v) is 5.33. The zero-order valence-corrected chi connectivity index (χ0v) is 13.2. The Kier molecular flexibility index (Phi) is 6.19. The van der Waals surface area contributed by atoms with Crippen LogP contribution >= 0.6 is 0 Å². The summed E-state index contributed by atoms with van der Waals surface area (Å²) >= 11 is 0. The SMILES string of the molecule is CCOC(=O)CCNC(=O)C1CCCCN1C(=O)c1ccco1. The first-order valence-electron chi connectivity index (χ1n) is 7.91. The molecule has 7 nitrogen and oxygen atoms in total. The van der Waals surface area contributed by atoms with Gasteiger partial charge in [0, 0.05) is 13.1 Å². The minimum Gasteiger partial charge on any atom is -0.466 e. The van der Waals surface area contributed by atoms with E-state index in [0.29, 0.717) is 19.6 Å². The van der Waals surface area contributed by atoms with E-state index < -0.39 is 6.04 Å². The van der Waals surface area contributed by atoms with Gasteiger partial charge in [0.25, 0.3) is 5.91 Å². The molecule has 1 atom stereocenters. The average molecular weight is 322 g/mol. The van der Waals surface area contributed by atoms with Crippen LogP contribution in [0.5, 0.6) is 0 Å². The fourth-order valence-electron chi connectivity index (χ4n) is 2.63. The molecule has 0 bridgehead atoms. The van der Waals surface area contributed by atoms with Gasteiger partial charge in [0.05, 0.1) is 19.3 Å². The van der Waals surface area contributed by atoms with Gasteiger partial charge in [0.1, 0.15) is 6.04 Å². The zero-order chi connectivity index (χ0) is 16.7. The summed E-state index contributed by atoms with van der Waals surface area (Å²) in [5.74, 6) is -0.634. The Labute approximate surface area is 135 Å². The van der Waals surface area contributed by atoms with Crippen molar-refractivity contribution < 1.29 is 23.5 Å². The number of piperidine rings is 1. The van der Waals surface area contributed by atoms with E-state index in [2.05, 4.69) is 5.32 Å². The van der Waals surface area contributed by atoms with E-state index in [-0.39, 0.29) is 36.5 Å². The van der Waals surface area contributed by atoms with E-state index in [1.165, 1.54) is 6.26 Å². The number of likely N-dealkylation sites (tertiary alicyclic amines) is 1. The maximum absolute atomic E-state index is 12.4. The highest BCUT2D eigenvalue weighted by Crippen LogP contribution is 2.20. The number of nitrogens with zero attached hydrogens (tertiary/aromatic N) is 1. The Balaban J connectivity index is 1.91. The van der Waals surface area contributed by atoms with Crippen LogP contribution in [0.4, 0.5) is 0 Å². The van der Waals surface area contributed by atoms with Crippen LogP contribution in [0, 0.1) is 0 Å². The van der Waals surface area contributed by atoms with Crippen molar-refractivity contribution >= 4 is 17.8 Å². The molecule has 0 aromatic carbocycles. The number of furan rings is 1. The van der Waals surface area contributed by atoms with Gasteiger partial charge in [-0.1, -0.05) is 0 Å². The van der Waals surface area contributed by atoms with Gasteiger partial charge in [-0.2, -0.15) is 0 Å². The molecule has 1 aliphatic heterocycles. The van der Waals surface area contributed by atoms with Gasteiger partial charge in [0.2, 0.25) is 5.91 Å². The quantitative estimate of drug-likeness (QED) is 0.799. The van der Waals surface area contributed by atoms with Crippen molar-refractivity contribution in [3.63, 3.8) is 0 Å². The number of carbonyl (C=O) groups excluding carboxylic acids is 3. The molecular weight excluding hydrogens is 300 g/mol. The lowest BCUT2D eigenvalue weighted by Gasteiger charge is -2.34. The van der Waals surface area contributed by atoms with Gasteiger partial charge in [-0.05, 0) is 38.3 Å². The van der Waals surface area contributed by atoms with E-state index in [1.807, 2.05) is 0 Å². The van der Waals surface area contributed by atoms with Gasteiger partial charge in [-0.3, -0.25) is 14.4 Å². The van der Waals surface area contributed by atoms with Crippen molar-refractivity contribution in [1.82, 2.24) is 10.2 Å². The van der Waals surface area contributed by atoms with Crippen LogP contribution in [0.1, 0.15) is 43.2 Å². The summed E-state index contributed by atoms with van der Waals surface area (Å²) in [6, 6.07) is 2.71. The predicted molar refractivity (Wildman–Crippen MR) is 81.6 cm³/mol. The number of hydrogen-bond donors (Lipinski definition) is 1. The van der Waals surface area contributed by atoms with Crippen molar-refractivity contribution in [3.8, 4) is 0 Å². The molecule has 0 spiro atoms. The second-order valence-electron chi connectivity index (χ2n) is 5.33. The number of ether oxygens (including phenoxy) is 1. The van der Waals surface area contributed by atoms with E-state index in [4.69, 9.17) is 9.15 Å². The molecule has 0 aliphatic carbocycles. The lowest BCUT2D eigenvalue weighted by Crippen LogP contribution is -2.52. The summed E-state index contributed by atoms with van der Waals surface area (Å²) in [5, 5.41) is 2.71. The minimum atomic E-state index is -0.524. The monoisotopic (exact) mass is 322 g/mol. The third-order valence-electron chi connectivity index (χ3n) is 3.73. The molecule has 1 N–H and O–H groups in total. The smallest absolute Gasteiger partial charge is 0.307 e. The van der Waals surface area contributed by atoms with Gasteiger partial charge in [-0.15, -0.1) is 0 Å². The summed E-state index contributed by atoms with van der Waals surface area (Å²) in [5.41, 5.74) is 0. The summed E-state index contributed by atoms with van der Waals surface area (Å²) in [6.45, 7) is 2.78. The molecular formula is C16H22N2O5. The maximum Gasteiger partial charge on any atom is 0.307 e. The average Bonchev–Trinajstić information content (AvgIpc) is 3.09.